The van der Waals surface area contributed by atoms with E-state index in [0.717, 1.165) is 27.5 Å². The van der Waals surface area contributed by atoms with Gasteiger partial charge in [0, 0.05) is 13.5 Å². The molecule has 1 saturated heterocycles. The summed E-state index contributed by atoms with van der Waals surface area (Å²) in [5.41, 5.74) is 0.0464. The number of H-pyrrole nitrogens is 1. The van der Waals surface area contributed by atoms with E-state index in [1.807, 2.05) is 96.0 Å². The Balaban J connectivity index is 1.52. The van der Waals surface area contributed by atoms with Crippen molar-refractivity contribution in [1.82, 2.24) is 9.55 Å². The van der Waals surface area contributed by atoms with E-state index in [1.165, 1.54) is 0 Å². The minimum Gasteiger partial charge on any atom is -0.378 e. The Bertz CT molecular complexity index is 1340. The van der Waals surface area contributed by atoms with Crippen LogP contribution in [0.3, 0.4) is 0 Å². The summed E-state index contributed by atoms with van der Waals surface area (Å²) in [6, 6.07) is 29.8. The van der Waals surface area contributed by atoms with Gasteiger partial charge in [-0.1, -0.05) is 91.0 Å². The van der Waals surface area contributed by atoms with E-state index < -0.39 is 41.1 Å². The van der Waals surface area contributed by atoms with E-state index in [9.17, 15) is 14.0 Å². The minimum absolute atomic E-state index is 0.119. The highest BCUT2D eigenvalue weighted by Gasteiger charge is 2.42. The zero-order valence-corrected chi connectivity index (χ0v) is 20.3. The monoisotopic (exact) mass is 502 g/mol. The summed E-state index contributed by atoms with van der Waals surface area (Å²) in [7, 11) is 1.55. The molecule has 7 nitrogen and oxygen atoms in total. The molecule has 190 valence electrons. The standard InChI is InChI=1S/C29H27FN2O5/c1-35-24-17-26(32-18-23(30)27(33)31-28(32)34)37-25(24)19-36-29(20-11-5-2-6-12-20,21-13-7-3-8-14-21)22-15-9-4-10-16-22/h2-16,18,24-26H,17,19H2,1H3,(H,31,33,34)/t24-,25+,26+/m0/s1. The fourth-order valence-electron chi connectivity index (χ4n) is 4.92. The highest BCUT2D eigenvalue weighted by atomic mass is 19.1. The smallest absolute Gasteiger partial charge is 0.330 e. The number of hydrogen-bond donors (Lipinski definition) is 1. The second kappa shape index (κ2) is 10.6. The van der Waals surface area contributed by atoms with Crippen molar-refractivity contribution >= 4 is 0 Å². The summed E-state index contributed by atoms with van der Waals surface area (Å²) in [5, 5.41) is 0. The Morgan fingerprint density at radius 1 is 0.919 bits per heavy atom. The number of benzene rings is 3. The first kappa shape index (κ1) is 24.8. The number of nitrogens with one attached hydrogen (secondary N) is 1. The molecule has 5 rings (SSSR count). The lowest BCUT2D eigenvalue weighted by molar-refractivity contribution is -0.0992. The summed E-state index contributed by atoms with van der Waals surface area (Å²) >= 11 is 0. The van der Waals surface area contributed by atoms with Gasteiger partial charge >= 0.3 is 5.69 Å². The van der Waals surface area contributed by atoms with Crippen molar-refractivity contribution in [3.8, 4) is 0 Å². The van der Waals surface area contributed by atoms with Gasteiger partial charge in [-0.25, -0.2) is 4.79 Å². The Morgan fingerprint density at radius 3 is 1.92 bits per heavy atom. The first-order valence-electron chi connectivity index (χ1n) is 12.0. The van der Waals surface area contributed by atoms with Crippen LogP contribution in [0.4, 0.5) is 4.39 Å². The number of rotatable bonds is 8. The molecule has 0 aliphatic carbocycles. The zero-order valence-electron chi connectivity index (χ0n) is 20.3. The van der Waals surface area contributed by atoms with E-state index in [0.29, 0.717) is 0 Å². The largest absolute Gasteiger partial charge is 0.378 e. The van der Waals surface area contributed by atoms with Crippen LogP contribution in [-0.4, -0.2) is 35.5 Å². The van der Waals surface area contributed by atoms with E-state index in [4.69, 9.17) is 14.2 Å². The van der Waals surface area contributed by atoms with Gasteiger partial charge in [-0.3, -0.25) is 14.3 Å². The summed E-state index contributed by atoms with van der Waals surface area (Å²) in [5.74, 6) is -1.06. The summed E-state index contributed by atoms with van der Waals surface area (Å²) in [4.78, 5) is 25.8. The molecule has 1 N–H and O–H groups in total. The molecule has 4 aromatic rings. The number of nitrogens with zero attached hydrogens (tertiary/aromatic N) is 1. The molecular formula is C29H27FN2O5. The van der Waals surface area contributed by atoms with Crippen LogP contribution in [0.2, 0.25) is 0 Å². The third-order valence-electron chi connectivity index (χ3n) is 6.72. The first-order chi connectivity index (χ1) is 18.0. The molecule has 1 fully saturated rings. The van der Waals surface area contributed by atoms with Crippen LogP contribution in [0.25, 0.3) is 0 Å². The molecule has 0 unspecified atom stereocenters. The lowest BCUT2D eigenvalue weighted by Crippen LogP contribution is -2.38. The number of halogens is 1. The van der Waals surface area contributed by atoms with E-state index in [1.54, 1.807) is 7.11 Å². The third-order valence-corrected chi connectivity index (χ3v) is 6.72. The molecule has 0 bridgehead atoms. The lowest BCUT2D eigenvalue weighted by atomic mass is 9.80. The maximum Gasteiger partial charge on any atom is 0.330 e. The normalized spacial score (nSPS) is 19.7. The van der Waals surface area contributed by atoms with Crippen molar-refractivity contribution in [2.45, 2.75) is 30.5 Å². The molecule has 37 heavy (non-hydrogen) atoms. The van der Waals surface area contributed by atoms with Gasteiger partial charge in [0.15, 0.2) is 0 Å². The third kappa shape index (κ3) is 4.79. The summed E-state index contributed by atoms with van der Waals surface area (Å²) < 4.78 is 33.6. The predicted octanol–water partition coefficient (Wildman–Crippen LogP) is 3.99. The average molecular weight is 503 g/mol. The maximum absolute atomic E-state index is 13.9. The molecule has 3 aromatic carbocycles. The van der Waals surface area contributed by atoms with E-state index in [-0.39, 0.29) is 13.0 Å². The number of aromatic nitrogens is 2. The summed E-state index contributed by atoms with van der Waals surface area (Å²) in [6.45, 7) is 0.119. The number of ether oxygens (including phenoxy) is 3. The van der Waals surface area contributed by atoms with Crippen molar-refractivity contribution < 1.29 is 18.6 Å². The maximum atomic E-state index is 13.9. The molecule has 3 atom stereocenters. The van der Waals surface area contributed by atoms with Gasteiger partial charge in [0.05, 0.1) is 18.9 Å². The van der Waals surface area contributed by atoms with E-state index in [2.05, 4.69) is 0 Å². The van der Waals surface area contributed by atoms with Crippen molar-refractivity contribution in [1.29, 1.82) is 0 Å². The predicted molar refractivity (Wildman–Crippen MR) is 136 cm³/mol. The van der Waals surface area contributed by atoms with Gasteiger partial charge in [-0.2, -0.15) is 4.39 Å². The van der Waals surface area contributed by atoms with Crippen LogP contribution in [0.15, 0.2) is 107 Å². The van der Waals surface area contributed by atoms with Gasteiger partial charge in [-0.15, -0.1) is 0 Å². The molecule has 0 amide bonds. The first-order valence-corrected chi connectivity index (χ1v) is 12.0. The molecule has 1 aliphatic heterocycles. The molecule has 0 radical (unpaired) electrons. The van der Waals surface area contributed by atoms with Gasteiger partial charge in [0.2, 0.25) is 5.82 Å². The molecule has 2 heterocycles. The SMILES string of the molecule is CO[C@H]1C[C@H](n2cc(F)c(=O)[nH]c2=O)O[C@@H]1COC(c1ccccc1)(c1ccccc1)c1ccccc1. The van der Waals surface area contributed by atoms with Crippen LogP contribution < -0.4 is 11.2 Å². The van der Waals surface area contributed by atoms with Crippen LogP contribution in [0, 0.1) is 5.82 Å². The van der Waals surface area contributed by atoms with Crippen molar-refractivity contribution in [2.24, 2.45) is 0 Å². The second-order valence-electron chi connectivity index (χ2n) is 8.87. The molecule has 0 spiro atoms. The lowest BCUT2D eigenvalue weighted by Gasteiger charge is -2.37. The molecule has 1 aromatic heterocycles. The van der Waals surface area contributed by atoms with Crippen LogP contribution >= 0.6 is 0 Å². The van der Waals surface area contributed by atoms with Crippen molar-refractivity contribution in [2.75, 3.05) is 13.7 Å². The second-order valence-corrected chi connectivity index (χ2v) is 8.87. The highest BCUT2D eigenvalue weighted by Crippen LogP contribution is 2.41. The fourth-order valence-corrected chi connectivity index (χ4v) is 4.92. The molecular weight excluding hydrogens is 475 g/mol. The van der Waals surface area contributed by atoms with Crippen LogP contribution in [-0.2, 0) is 19.8 Å². The number of methoxy groups -OCH3 is 1. The molecule has 8 heteroatoms. The Kier molecular flexibility index (Phi) is 7.14. The number of hydrogen-bond acceptors (Lipinski definition) is 5. The van der Waals surface area contributed by atoms with Crippen LogP contribution in [0.1, 0.15) is 29.3 Å². The van der Waals surface area contributed by atoms with Gasteiger partial charge in [0.25, 0.3) is 5.56 Å². The average Bonchev–Trinajstić information content (AvgIpc) is 3.36. The number of aromatic amines is 1. The highest BCUT2D eigenvalue weighted by molar-refractivity contribution is 5.47. The van der Waals surface area contributed by atoms with Gasteiger partial charge < -0.3 is 14.2 Å². The van der Waals surface area contributed by atoms with E-state index >= 15 is 0 Å². The zero-order chi connectivity index (χ0) is 25.8. The van der Waals surface area contributed by atoms with Crippen molar-refractivity contribution in [3.63, 3.8) is 0 Å². The fraction of sp³-hybridized carbons (Fsp3) is 0.241. The Labute approximate surface area is 213 Å². The van der Waals surface area contributed by atoms with Gasteiger partial charge in [0.1, 0.15) is 17.9 Å². The Morgan fingerprint density at radius 2 is 1.43 bits per heavy atom. The molecule has 1 aliphatic rings. The molecule has 0 saturated carbocycles. The van der Waals surface area contributed by atoms with Gasteiger partial charge in [-0.05, 0) is 16.7 Å². The Hall–Kier alpha value is -3.85. The quantitative estimate of drug-likeness (QED) is 0.369. The minimum atomic E-state index is -1.07. The van der Waals surface area contributed by atoms with Crippen LogP contribution in [0.5, 0.6) is 0 Å². The summed E-state index contributed by atoms with van der Waals surface area (Å²) in [6.07, 6.45) is -0.661. The van der Waals surface area contributed by atoms with Crippen molar-refractivity contribution in [3.05, 3.63) is 141 Å². The topological polar surface area (TPSA) is 82.6 Å².